The van der Waals surface area contributed by atoms with Gasteiger partial charge in [0.15, 0.2) is 0 Å². The highest BCUT2D eigenvalue weighted by Gasteiger charge is 2.14. The number of non-ortho nitro benzene ring substituents is 1. The molecular formula is C23H21N3O3. The van der Waals surface area contributed by atoms with Gasteiger partial charge in [-0.1, -0.05) is 42.5 Å². The molecule has 1 aromatic heterocycles. The first-order valence-electron chi connectivity index (χ1n) is 9.18. The van der Waals surface area contributed by atoms with E-state index in [2.05, 4.69) is 4.98 Å². The molecule has 2 aromatic carbocycles. The maximum Gasteiger partial charge on any atom is 0.270 e. The van der Waals surface area contributed by atoms with Crippen LogP contribution in [0.25, 0.3) is 6.08 Å². The zero-order valence-corrected chi connectivity index (χ0v) is 16.1. The fourth-order valence-electron chi connectivity index (χ4n) is 2.93. The summed E-state index contributed by atoms with van der Waals surface area (Å²) in [6.45, 7) is 2.89. The van der Waals surface area contributed by atoms with E-state index in [4.69, 9.17) is 0 Å². The fraction of sp³-hybridized carbons (Fsp3) is 0.130. The SMILES string of the molecule is Cc1ccccc1CN(Cc1cccnc1)C(=O)C=Cc1cccc([N+](=O)[O-])c1. The largest absolute Gasteiger partial charge is 0.330 e. The van der Waals surface area contributed by atoms with Crippen molar-refractivity contribution in [1.29, 1.82) is 0 Å². The van der Waals surface area contributed by atoms with E-state index in [0.717, 1.165) is 16.7 Å². The predicted molar refractivity (Wildman–Crippen MR) is 112 cm³/mol. The molecule has 3 aromatic rings. The first kappa shape index (κ1) is 19.9. The molecule has 0 fully saturated rings. The highest BCUT2D eigenvalue weighted by molar-refractivity contribution is 5.91. The Bertz CT molecular complexity index is 1030. The lowest BCUT2D eigenvalue weighted by molar-refractivity contribution is -0.384. The van der Waals surface area contributed by atoms with E-state index in [1.807, 2.05) is 43.3 Å². The number of nitro benzene ring substituents is 1. The molecule has 146 valence electrons. The molecule has 0 aliphatic rings. The molecular weight excluding hydrogens is 366 g/mol. The summed E-state index contributed by atoms with van der Waals surface area (Å²) >= 11 is 0. The Kier molecular flexibility index (Phi) is 6.47. The topological polar surface area (TPSA) is 76.3 Å². The quantitative estimate of drug-likeness (QED) is 0.339. The zero-order chi connectivity index (χ0) is 20.6. The van der Waals surface area contributed by atoms with Gasteiger partial charge in [0.05, 0.1) is 4.92 Å². The van der Waals surface area contributed by atoms with Crippen molar-refractivity contribution in [2.45, 2.75) is 20.0 Å². The summed E-state index contributed by atoms with van der Waals surface area (Å²) in [5.41, 5.74) is 3.70. The van der Waals surface area contributed by atoms with Gasteiger partial charge in [0.2, 0.25) is 5.91 Å². The van der Waals surface area contributed by atoms with Crippen LogP contribution in [0.5, 0.6) is 0 Å². The highest BCUT2D eigenvalue weighted by atomic mass is 16.6. The van der Waals surface area contributed by atoms with E-state index < -0.39 is 4.92 Å². The average Bonchev–Trinajstić information content (AvgIpc) is 2.74. The molecule has 0 bridgehead atoms. The van der Waals surface area contributed by atoms with Crippen LogP contribution in [0.15, 0.2) is 79.1 Å². The predicted octanol–water partition coefficient (Wildman–Crippen LogP) is 4.54. The number of carbonyl (C=O) groups excluding carboxylic acids is 1. The van der Waals surface area contributed by atoms with Gasteiger partial charge in [-0.05, 0) is 41.3 Å². The van der Waals surface area contributed by atoms with Crippen LogP contribution in [-0.2, 0) is 17.9 Å². The van der Waals surface area contributed by atoms with E-state index in [-0.39, 0.29) is 11.6 Å². The molecule has 0 atom stereocenters. The number of aryl methyl sites for hydroxylation is 1. The molecule has 0 spiro atoms. The second-order valence-corrected chi connectivity index (χ2v) is 6.67. The lowest BCUT2D eigenvalue weighted by Crippen LogP contribution is -2.28. The molecule has 1 amide bonds. The smallest absolute Gasteiger partial charge is 0.270 e. The van der Waals surface area contributed by atoms with Gasteiger partial charge >= 0.3 is 0 Å². The zero-order valence-electron chi connectivity index (χ0n) is 16.1. The molecule has 29 heavy (non-hydrogen) atoms. The molecule has 1 heterocycles. The number of aromatic nitrogens is 1. The minimum Gasteiger partial charge on any atom is -0.330 e. The number of amides is 1. The number of benzene rings is 2. The fourth-order valence-corrected chi connectivity index (χ4v) is 2.93. The molecule has 0 unspecified atom stereocenters. The van der Waals surface area contributed by atoms with Gasteiger partial charge in [-0.2, -0.15) is 0 Å². The van der Waals surface area contributed by atoms with Crippen molar-refractivity contribution in [3.05, 3.63) is 112 Å². The van der Waals surface area contributed by atoms with Gasteiger partial charge in [-0.25, -0.2) is 0 Å². The Hall–Kier alpha value is -3.80. The van der Waals surface area contributed by atoms with Gasteiger partial charge < -0.3 is 4.90 Å². The summed E-state index contributed by atoms with van der Waals surface area (Å²) in [5, 5.41) is 10.9. The lowest BCUT2D eigenvalue weighted by Gasteiger charge is -2.22. The summed E-state index contributed by atoms with van der Waals surface area (Å²) in [4.78, 5) is 29.3. The molecule has 0 aliphatic carbocycles. The molecule has 0 aliphatic heterocycles. The number of hydrogen-bond donors (Lipinski definition) is 0. The van der Waals surface area contributed by atoms with Gasteiger partial charge in [0.25, 0.3) is 5.69 Å². The van der Waals surface area contributed by atoms with Gasteiger partial charge in [-0.15, -0.1) is 0 Å². The van der Waals surface area contributed by atoms with E-state index >= 15 is 0 Å². The maximum absolute atomic E-state index is 12.9. The van der Waals surface area contributed by atoms with Crippen LogP contribution < -0.4 is 0 Å². The average molecular weight is 387 g/mol. The molecule has 6 heteroatoms. The molecule has 0 radical (unpaired) electrons. The van der Waals surface area contributed by atoms with Crippen molar-refractivity contribution in [1.82, 2.24) is 9.88 Å². The summed E-state index contributed by atoms with van der Waals surface area (Å²) in [5.74, 6) is -0.177. The monoisotopic (exact) mass is 387 g/mol. The molecule has 0 N–H and O–H groups in total. The number of nitro groups is 1. The van der Waals surface area contributed by atoms with Crippen LogP contribution >= 0.6 is 0 Å². The number of hydrogen-bond acceptors (Lipinski definition) is 4. The van der Waals surface area contributed by atoms with Crippen LogP contribution in [0, 0.1) is 17.0 Å². The summed E-state index contributed by atoms with van der Waals surface area (Å²) in [6.07, 6.45) is 6.48. The molecule has 0 saturated carbocycles. The first-order chi connectivity index (χ1) is 14.0. The Morgan fingerprint density at radius 3 is 2.66 bits per heavy atom. The number of pyridine rings is 1. The van der Waals surface area contributed by atoms with Crippen molar-refractivity contribution < 1.29 is 9.72 Å². The van der Waals surface area contributed by atoms with Crippen LogP contribution in [0.4, 0.5) is 5.69 Å². The van der Waals surface area contributed by atoms with Gasteiger partial charge in [-0.3, -0.25) is 19.9 Å². The van der Waals surface area contributed by atoms with E-state index in [0.29, 0.717) is 18.7 Å². The van der Waals surface area contributed by atoms with E-state index in [1.165, 1.54) is 18.2 Å². The summed E-state index contributed by atoms with van der Waals surface area (Å²) in [7, 11) is 0. The molecule has 0 saturated heterocycles. The molecule has 6 nitrogen and oxygen atoms in total. The Morgan fingerprint density at radius 1 is 1.10 bits per heavy atom. The van der Waals surface area contributed by atoms with Crippen LogP contribution in [0.3, 0.4) is 0 Å². The Morgan fingerprint density at radius 2 is 1.93 bits per heavy atom. The summed E-state index contributed by atoms with van der Waals surface area (Å²) < 4.78 is 0. The van der Waals surface area contributed by atoms with Crippen molar-refractivity contribution in [2.24, 2.45) is 0 Å². The minimum absolute atomic E-state index is 0.00766. The second kappa shape index (κ2) is 9.41. The van der Waals surface area contributed by atoms with Crippen LogP contribution in [-0.4, -0.2) is 20.7 Å². The second-order valence-electron chi connectivity index (χ2n) is 6.67. The van der Waals surface area contributed by atoms with Gasteiger partial charge in [0, 0.05) is 43.7 Å². The first-order valence-corrected chi connectivity index (χ1v) is 9.18. The minimum atomic E-state index is -0.452. The van der Waals surface area contributed by atoms with Crippen molar-refractivity contribution in [3.8, 4) is 0 Å². The maximum atomic E-state index is 12.9. The Balaban J connectivity index is 1.82. The third kappa shape index (κ3) is 5.59. The van der Waals surface area contributed by atoms with Gasteiger partial charge in [0.1, 0.15) is 0 Å². The van der Waals surface area contributed by atoms with Crippen LogP contribution in [0.2, 0.25) is 0 Å². The highest BCUT2D eigenvalue weighted by Crippen LogP contribution is 2.16. The third-order valence-corrected chi connectivity index (χ3v) is 4.53. The number of nitrogens with zero attached hydrogens (tertiary/aromatic N) is 3. The summed E-state index contributed by atoms with van der Waals surface area (Å²) in [6, 6.07) is 17.9. The lowest BCUT2D eigenvalue weighted by atomic mass is 10.1. The van der Waals surface area contributed by atoms with E-state index in [9.17, 15) is 14.9 Å². The van der Waals surface area contributed by atoms with Crippen LogP contribution in [0.1, 0.15) is 22.3 Å². The van der Waals surface area contributed by atoms with Crippen molar-refractivity contribution >= 4 is 17.7 Å². The van der Waals surface area contributed by atoms with Crippen molar-refractivity contribution in [2.75, 3.05) is 0 Å². The third-order valence-electron chi connectivity index (χ3n) is 4.53. The number of carbonyl (C=O) groups is 1. The normalized spacial score (nSPS) is 10.8. The molecule has 3 rings (SSSR count). The standard InChI is InChI=1S/C23H21N3O3/c1-18-6-2-3-9-21(18)17-25(16-20-8-5-13-24-15-20)23(27)12-11-19-7-4-10-22(14-19)26(28)29/h2-15H,16-17H2,1H3. The Labute approximate surface area is 169 Å². The van der Waals surface area contributed by atoms with Crippen molar-refractivity contribution in [3.63, 3.8) is 0 Å². The van der Waals surface area contributed by atoms with E-state index in [1.54, 1.807) is 35.5 Å². The number of rotatable bonds is 7.